The van der Waals surface area contributed by atoms with E-state index in [1.165, 1.54) is 19.3 Å². The smallest absolute Gasteiger partial charge is 0.384 e. The predicted octanol–water partition coefficient (Wildman–Crippen LogP) is 6.08. The second-order valence-electron chi connectivity index (χ2n) is 10.9. The Morgan fingerprint density at radius 2 is 1.87 bits per heavy atom. The largest absolute Gasteiger partial charge is 0.434 e. The Kier molecular flexibility index (Phi) is 6.86. The number of halogens is 1. The highest BCUT2D eigenvalue weighted by Crippen LogP contribution is 2.36. The maximum absolute atomic E-state index is 13.9. The first-order valence-electron chi connectivity index (χ1n) is 13.6. The first-order chi connectivity index (χ1) is 18.5. The molecule has 9 nitrogen and oxygen atoms in total. The van der Waals surface area contributed by atoms with E-state index >= 15 is 0 Å². The van der Waals surface area contributed by atoms with Crippen LogP contribution in [-0.2, 0) is 6.54 Å². The average molecular weight is 535 g/mol. The Labute approximate surface area is 225 Å². The summed E-state index contributed by atoms with van der Waals surface area (Å²) < 4.78 is 7.23. The van der Waals surface area contributed by atoms with E-state index < -0.39 is 5.76 Å². The van der Waals surface area contributed by atoms with E-state index in [-0.39, 0.29) is 23.4 Å². The van der Waals surface area contributed by atoms with Gasteiger partial charge >= 0.3 is 5.76 Å². The van der Waals surface area contributed by atoms with Crippen molar-refractivity contribution >= 4 is 28.5 Å². The fourth-order valence-electron chi connectivity index (χ4n) is 5.98. The van der Waals surface area contributed by atoms with Crippen molar-refractivity contribution in [3.8, 4) is 23.0 Å². The van der Waals surface area contributed by atoms with Gasteiger partial charge < -0.3 is 8.98 Å². The number of carbonyl (C=O) groups is 1. The molecule has 0 radical (unpaired) electrons. The number of nitrogens with one attached hydrogen (secondary N) is 1. The molecule has 1 N–H and O–H groups in total. The van der Waals surface area contributed by atoms with Crippen LogP contribution >= 0.6 is 11.6 Å². The zero-order valence-corrected chi connectivity index (χ0v) is 22.2. The second-order valence-corrected chi connectivity index (χ2v) is 11.3. The molecule has 2 saturated carbocycles. The standard InChI is InChI=1S/C28H31ClN6O3/c1-16-10-12-17(13-11-16)15-35-22-21(19-8-5-9-20(29)14-19)30-25(27-33-34-28(37)38-27)31-24(22)32-26(35)23(36)18-6-3-2-4-7-18/h5,8-9,14,16-18H,2-4,6-7,10-13,15H2,1H3,(H,34,37)/t16-,17-. The Hall–Kier alpha value is -3.33. The lowest BCUT2D eigenvalue weighted by molar-refractivity contribution is 0.0872. The lowest BCUT2D eigenvalue weighted by Gasteiger charge is -2.27. The summed E-state index contributed by atoms with van der Waals surface area (Å²) in [5.41, 5.74) is 2.43. The molecule has 4 aromatic rings. The summed E-state index contributed by atoms with van der Waals surface area (Å²) in [6, 6.07) is 7.41. The van der Waals surface area contributed by atoms with E-state index in [1.807, 2.05) is 18.2 Å². The molecule has 2 fully saturated rings. The van der Waals surface area contributed by atoms with Gasteiger partial charge in [-0.25, -0.2) is 24.8 Å². The Bertz CT molecular complexity index is 1530. The minimum absolute atomic E-state index is 0.0305. The summed E-state index contributed by atoms with van der Waals surface area (Å²) in [7, 11) is 0. The number of Topliss-reactive ketones (excluding diaryl/α,β-unsaturated/α-hetero) is 1. The Balaban J connectivity index is 1.56. The van der Waals surface area contributed by atoms with E-state index in [4.69, 9.17) is 26.0 Å². The van der Waals surface area contributed by atoms with Gasteiger partial charge in [0.2, 0.25) is 11.6 Å². The number of nitrogens with zero attached hydrogens (tertiary/aromatic N) is 5. The number of H-pyrrole nitrogens is 1. The molecule has 1 aromatic carbocycles. The lowest BCUT2D eigenvalue weighted by Crippen LogP contribution is -2.25. The molecule has 0 amide bonds. The summed E-state index contributed by atoms with van der Waals surface area (Å²) in [6.07, 6.45) is 9.66. The Morgan fingerprint density at radius 3 is 2.58 bits per heavy atom. The number of imidazole rings is 1. The van der Waals surface area contributed by atoms with Crippen LogP contribution in [0.4, 0.5) is 0 Å². The summed E-state index contributed by atoms with van der Waals surface area (Å²) in [4.78, 5) is 39.9. The molecule has 3 aromatic heterocycles. The van der Waals surface area contributed by atoms with Gasteiger partial charge in [0.05, 0.1) is 0 Å². The lowest BCUT2D eigenvalue weighted by atomic mass is 9.83. The van der Waals surface area contributed by atoms with Crippen LogP contribution in [0.25, 0.3) is 34.1 Å². The number of benzene rings is 1. The summed E-state index contributed by atoms with van der Waals surface area (Å²) in [5, 5.41) is 6.76. The number of hydrogen-bond donors (Lipinski definition) is 1. The third-order valence-corrected chi connectivity index (χ3v) is 8.34. The van der Waals surface area contributed by atoms with Crippen molar-refractivity contribution in [1.29, 1.82) is 0 Å². The zero-order chi connectivity index (χ0) is 26.2. The van der Waals surface area contributed by atoms with E-state index in [0.29, 0.717) is 40.2 Å². The minimum atomic E-state index is -0.696. The SMILES string of the molecule is C[C@H]1CC[C@H](Cn2c(C(=O)C3CCCCC3)nc3nc(-c4n[nH]c(=O)o4)nc(-c4cccc(Cl)c4)c32)CC1. The number of carbonyl (C=O) groups excluding carboxylic acids is 1. The van der Waals surface area contributed by atoms with E-state index in [1.54, 1.807) is 6.07 Å². The minimum Gasteiger partial charge on any atom is -0.384 e. The number of fused-ring (bicyclic) bond motifs is 1. The normalized spacial score (nSPS) is 20.7. The van der Waals surface area contributed by atoms with Crippen molar-refractivity contribution < 1.29 is 9.21 Å². The first kappa shape index (κ1) is 25.0. The summed E-state index contributed by atoms with van der Waals surface area (Å²) >= 11 is 6.38. The molecule has 2 aliphatic carbocycles. The van der Waals surface area contributed by atoms with Crippen LogP contribution in [0.5, 0.6) is 0 Å². The Morgan fingerprint density at radius 1 is 1.08 bits per heavy atom. The van der Waals surface area contributed by atoms with Crippen molar-refractivity contribution in [2.45, 2.75) is 71.3 Å². The van der Waals surface area contributed by atoms with Crippen LogP contribution in [0, 0.1) is 17.8 Å². The molecule has 0 unspecified atom stereocenters. The predicted molar refractivity (Wildman–Crippen MR) is 144 cm³/mol. The van der Waals surface area contributed by atoms with Gasteiger partial charge in [-0.2, -0.15) is 0 Å². The molecule has 3 heterocycles. The van der Waals surface area contributed by atoms with Crippen LogP contribution in [0.1, 0.15) is 75.3 Å². The molecular formula is C28H31ClN6O3. The third-order valence-electron chi connectivity index (χ3n) is 8.10. The van der Waals surface area contributed by atoms with Gasteiger partial charge in [-0.05, 0) is 49.7 Å². The van der Waals surface area contributed by atoms with Crippen molar-refractivity contribution in [3.05, 3.63) is 45.7 Å². The summed E-state index contributed by atoms with van der Waals surface area (Å²) in [5.74, 6) is 1.06. The molecule has 0 saturated heterocycles. The van der Waals surface area contributed by atoms with Gasteiger partial charge in [-0.15, -0.1) is 5.10 Å². The topological polar surface area (TPSA) is 120 Å². The van der Waals surface area contributed by atoms with Gasteiger partial charge in [0.25, 0.3) is 5.89 Å². The van der Waals surface area contributed by atoms with Crippen LogP contribution in [0.15, 0.2) is 33.5 Å². The maximum atomic E-state index is 13.9. The second kappa shape index (κ2) is 10.4. The highest BCUT2D eigenvalue weighted by atomic mass is 35.5. The molecule has 0 spiro atoms. The monoisotopic (exact) mass is 534 g/mol. The number of ketones is 1. The number of hydrogen-bond acceptors (Lipinski definition) is 7. The molecule has 10 heteroatoms. The average Bonchev–Trinajstić information content (AvgIpc) is 3.53. The third kappa shape index (κ3) is 4.91. The molecule has 6 rings (SSSR count). The molecule has 2 aliphatic rings. The zero-order valence-electron chi connectivity index (χ0n) is 21.5. The fourth-order valence-corrected chi connectivity index (χ4v) is 6.17. The van der Waals surface area contributed by atoms with Crippen molar-refractivity contribution in [1.82, 2.24) is 29.7 Å². The van der Waals surface area contributed by atoms with E-state index in [9.17, 15) is 9.59 Å². The quantitative estimate of drug-likeness (QED) is 0.298. The van der Waals surface area contributed by atoms with Crippen LogP contribution < -0.4 is 5.76 Å². The van der Waals surface area contributed by atoms with Gasteiger partial charge in [0.1, 0.15) is 11.2 Å². The fraction of sp³-hybridized carbons (Fsp3) is 0.500. The van der Waals surface area contributed by atoms with Crippen molar-refractivity contribution in [3.63, 3.8) is 0 Å². The highest BCUT2D eigenvalue weighted by Gasteiger charge is 2.31. The molecular weight excluding hydrogens is 504 g/mol. The summed E-state index contributed by atoms with van der Waals surface area (Å²) in [6.45, 7) is 2.99. The van der Waals surface area contributed by atoms with Crippen LogP contribution in [0.3, 0.4) is 0 Å². The van der Waals surface area contributed by atoms with Crippen LogP contribution in [0.2, 0.25) is 5.02 Å². The molecule has 38 heavy (non-hydrogen) atoms. The van der Waals surface area contributed by atoms with Crippen LogP contribution in [-0.4, -0.2) is 35.5 Å². The van der Waals surface area contributed by atoms with E-state index in [2.05, 4.69) is 26.7 Å². The number of aromatic amines is 1. The molecule has 0 aliphatic heterocycles. The van der Waals surface area contributed by atoms with Gasteiger partial charge in [0, 0.05) is 23.0 Å². The van der Waals surface area contributed by atoms with E-state index in [0.717, 1.165) is 50.0 Å². The maximum Gasteiger partial charge on any atom is 0.434 e. The van der Waals surface area contributed by atoms with Gasteiger partial charge in [-0.1, -0.05) is 62.8 Å². The van der Waals surface area contributed by atoms with Crippen molar-refractivity contribution in [2.24, 2.45) is 17.8 Å². The molecule has 0 atom stereocenters. The molecule has 0 bridgehead atoms. The number of rotatable bonds is 6. The van der Waals surface area contributed by atoms with Gasteiger partial charge in [0.15, 0.2) is 11.5 Å². The molecule has 198 valence electrons. The van der Waals surface area contributed by atoms with Crippen molar-refractivity contribution in [2.75, 3.05) is 0 Å². The van der Waals surface area contributed by atoms with Gasteiger partial charge in [-0.3, -0.25) is 4.79 Å². The highest BCUT2D eigenvalue weighted by molar-refractivity contribution is 6.30. The first-order valence-corrected chi connectivity index (χ1v) is 14.0. The number of aromatic nitrogens is 6.